The van der Waals surface area contributed by atoms with Gasteiger partial charge in [0, 0.05) is 25.1 Å². The molecule has 0 radical (unpaired) electrons. The maximum absolute atomic E-state index is 12.3. The zero-order valence-electron chi connectivity index (χ0n) is 14.3. The number of alkyl halides is 2. The van der Waals surface area contributed by atoms with Gasteiger partial charge in [0.05, 0.1) is 0 Å². The minimum Gasteiger partial charge on any atom is -0.435 e. The standard InChI is InChI=1S/C18H19F2N3O3/c1-12-21-17(26-22-12)14-8-10-23(11-9-14)16(24)7-4-13-2-5-15(6-3-13)25-18(19)20/h2-7,14,18H,8-11H2,1H3/b7-4-. The van der Waals surface area contributed by atoms with Crippen molar-refractivity contribution in [2.45, 2.75) is 32.3 Å². The Morgan fingerprint density at radius 1 is 1.31 bits per heavy atom. The maximum atomic E-state index is 12.3. The summed E-state index contributed by atoms with van der Waals surface area (Å²) in [6.45, 7) is 0.173. The molecule has 138 valence electrons. The topological polar surface area (TPSA) is 68.5 Å². The van der Waals surface area contributed by atoms with E-state index in [9.17, 15) is 13.6 Å². The summed E-state index contributed by atoms with van der Waals surface area (Å²) < 4.78 is 33.7. The number of ether oxygens (including phenoxy) is 1. The van der Waals surface area contributed by atoms with Crippen LogP contribution in [0.1, 0.15) is 36.0 Å². The Hall–Kier alpha value is -2.77. The molecule has 6 nitrogen and oxygen atoms in total. The lowest BCUT2D eigenvalue weighted by molar-refractivity contribution is -0.127. The summed E-state index contributed by atoms with van der Waals surface area (Å²) in [5.41, 5.74) is 0.733. The van der Waals surface area contributed by atoms with Gasteiger partial charge in [-0.3, -0.25) is 4.79 Å². The van der Waals surface area contributed by atoms with Gasteiger partial charge in [0.2, 0.25) is 11.8 Å². The molecule has 2 heterocycles. The summed E-state index contributed by atoms with van der Waals surface area (Å²) >= 11 is 0. The highest BCUT2D eigenvalue weighted by atomic mass is 19.3. The van der Waals surface area contributed by atoms with Gasteiger partial charge in [0.1, 0.15) is 5.75 Å². The number of aromatic nitrogens is 2. The monoisotopic (exact) mass is 363 g/mol. The minimum absolute atomic E-state index is 0.0850. The number of rotatable bonds is 5. The molecule has 1 aromatic heterocycles. The average Bonchev–Trinajstić information content (AvgIpc) is 3.07. The summed E-state index contributed by atoms with van der Waals surface area (Å²) in [4.78, 5) is 18.3. The molecule has 0 spiro atoms. The van der Waals surface area contributed by atoms with Gasteiger partial charge in [0.15, 0.2) is 5.82 Å². The van der Waals surface area contributed by atoms with Crippen molar-refractivity contribution in [1.29, 1.82) is 0 Å². The molecule has 0 atom stereocenters. The van der Waals surface area contributed by atoms with Gasteiger partial charge in [-0.2, -0.15) is 13.8 Å². The van der Waals surface area contributed by atoms with Crippen molar-refractivity contribution in [3.05, 3.63) is 47.6 Å². The first-order valence-corrected chi connectivity index (χ1v) is 8.33. The molecule has 1 aliphatic rings. The normalized spacial score (nSPS) is 15.8. The Balaban J connectivity index is 1.51. The van der Waals surface area contributed by atoms with E-state index >= 15 is 0 Å². The van der Waals surface area contributed by atoms with Gasteiger partial charge in [-0.15, -0.1) is 0 Å². The molecule has 0 bridgehead atoms. The molecule has 1 amide bonds. The summed E-state index contributed by atoms with van der Waals surface area (Å²) in [7, 11) is 0. The summed E-state index contributed by atoms with van der Waals surface area (Å²) in [6, 6.07) is 6.11. The van der Waals surface area contributed by atoms with Crippen LogP contribution in [-0.2, 0) is 4.79 Å². The largest absolute Gasteiger partial charge is 0.435 e. The van der Waals surface area contributed by atoms with E-state index in [0.29, 0.717) is 24.8 Å². The molecule has 2 aromatic rings. The summed E-state index contributed by atoms with van der Waals surface area (Å²) in [5.74, 6) is 1.44. The third kappa shape index (κ3) is 4.65. The Kier molecular flexibility index (Phi) is 5.60. The second kappa shape index (κ2) is 8.07. The summed E-state index contributed by atoms with van der Waals surface area (Å²) in [5, 5.41) is 3.80. The number of carbonyl (C=O) groups is 1. The van der Waals surface area contributed by atoms with E-state index in [-0.39, 0.29) is 17.6 Å². The van der Waals surface area contributed by atoms with Crippen LogP contribution in [0.2, 0.25) is 0 Å². The molecule has 0 unspecified atom stereocenters. The molecule has 1 saturated heterocycles. The van der Waals surface area contributed by atoms with Crippen LogP contribution in [-0.4, -0.2) is 40.6 Å². The first-order valence-electron chi connectivity index (χ1n) is 8.33. The number of piperidine rings is 1. The van der Waals surface area contributed by atoms with E-state index in [1.807, 2.05) is 0 Å². The van der Waals surface area contributed by atoms with E-state index in [0.717, 1.165) is 18.4 Å². The second-order valence-electron chi connectivity index (χ2n) is 6.06. The molecular weight excluding hydrogens is 344 g/mol. The van der Waals surface area contributed by atoms with E-state index in [4.69, 9.17) is 4.52 Å². The fourth-order valence-corrected chi connectivity index (χ4v) is 2.86. The van der Waals surface area contributed by atoms with E-state index < -0.39 is 6.61 Å². The van der Waals surface area contributed by atoms with Crippen molar-refractivity contribution in [2.24, 2.45) is 0 Å². The van der Waals surface area contributed by atoms with Crippen molar-refractivity contribution >= 4 is 12.0 Å². The summed E-state index contributed by atoms with van der Waals surface area (Å²) in [6.07, 6.45) is 4.70. The van der Waals surface area contributed by atoms with Crippen molar-refractivity contribution in [3.8, 4) is 5.75 Å². The second-order valence-corrected chi connectivity index (χ2v) is 6.06. The highest BCUT2D eigenvalue weighted by molar-refractivity contribution is 5.91. The number of hydrogen-bond acceptors (Lipinski definition) is 5. The molecule has 0 aliphatic carbocycles. The van der Waals surface area contributed by atoms with Crippen molar-refractivity contribution in [3.63, 3.8) is 0 Å². The first-order chi connectivity index (χ1) is 12.5. The van der Waals surface area contributed by atoms with Gasteiger partial charge < -0.3 is 14.2 Å². The minimum atomic E-state index is -2.85. The molecule has 8 heteroatoms. The smallest absolute Gasteiger partial charge is 0.387 e. The Labute approximate surface area is 149 Å². The fourth-order valence-electron chi connectivity index (χ4n) is 2.86. The van der Waals surface area contributed by atoms with Crippen LogP contribution < -0.4 is 4.74 Å². The Morgan fingerprint density at radius 2 is 2.00 bits per heavy atom. The van der Waals surface area contributed by atoms with E-state index in [1.54, 1.807) is 30.0 Å². The quantitative estimate of drug-likeness (QED) is 0.762. The molecule has 3 rings (SSSR count). The van der Waals surface area contributed by atoms with Gasteiger partial charge in [-0.25, -0.2) is 0 Å². The zero-order chi connectivity index (χ0) is 18.5. The molecule has 0 N–H and O–H groups in total. The van der Waals surface area contributed by atoms with Gasteiger partial charge in [-0.05, 0) is 43.5 Å². The number of halogens is 2. The van der Waals surface area contributed by atoms with Crippen molar-refractivity contribution in [1.82, 2.24) is 15.0 Å². The molecule has 1 aliphatic heterocycles. The van der Waals surface area contributed by atoms with Gasteiger partial charge >= 0.3 is 6.61 Å². The fraction of sp³-hybridized carbons (Fsp3) is 0.389. The first kappa shape index (κ1) is 18.0. The number of benzene rings is 1. The van der Waals surface area contributed by atoms with Crippen LogP contribution in [0.4, 0.5) is 8.78 Å². The lowest BCUT2D eigenvalue weighted by atomic mass is 9.96. The number of amides is 1. The average molecular weight is 363 g/mol. The highest BCUT2D eigenvalue weighted by Gasteiger charge is 2.26. The number of likely N-dealkylation sites (tertiary alicyclic amines) is 1. The lowest BCUT2D eigenvalue weighted by Crippen LogP contribution is -2.36. The molecule has 0 saturated carbocycles. The van der Waals surface area contributed by atoms with Crippen LogP contribution in [0.3, 0.4) is 0 Å². The zero-order valence-corrected chi connectivity index (χ0v) is 14.3. The Morgan fingerprint density at radius 3 is 2.58 bits per heavy atom. The van der Waals surface area contributed by atoms with Crippen LogP contribution in [0, 0.1) is 6.92 Å². The van der Waals surface area contributed by atoms with Crippen molar-refractivity contribution < 1.29 is 22.8 Å². The maximum Gasteiger partial charge on any atom is 0.387 e. The predicted molar refractivity (Wildman–Crippen MR) is 89.7 cm³/mol. The van der Waals surface area contributed by atoms with Crippen LogP contribution in [0.5, 0.6) is 5.75 Å². The van der Waals surface area contributed by atoms with Crippen LogP contribution >= 0.6 is 0 Å². The van der Waals surface area contributed by atoms with E-state index in [2.05, 4.69) is 14.9 Å². The molecule has 1 aromatic carbocycles. The number of hydrogen-bond donors (Lipinski definition) is 0. The SMILES string of the molecule is Cc1noc(C2CCN(C(=O)/C=C\c3ccc(OC(F)F)cc3)CC2)n1. The highest BCUT2D eigenvalue weighted by Crippen LogP contribution is 2.26. The lowest BCUT2D eigenvalue weighted by Gasteiger charge is -2.29. The molecule has 26 heavy (non-hydrogen) atoms. The number of nitrogens with zero attached hydrogens (tertiary/aromatic N) is 3. The molecule has 1 fully saturated rings. The van der Waals surface area contributed by atoms with E-state index in [1.165, 1.54) is 18.2 Å². The van der Waals surface area contributed by atoms with Gasteiger partial charge in [0.25, 0.3) is 0 Å². The van der Waals surface area contributed by atoms with Crippen LogP contribution in [0.15, 0.2) is 34.9 Å². The number of aryl methyl sites for hydroxylation is 1. The van der Waals surface area contributed by atoms with Crippen LogP contribution in [0.25, 0.3) is 6.08 Å². The molecular formula is C18H19F2N3O3. The number of carbonyl (C=O) groups excluding carboxylic acids is 1. The predicted octanol–water partition coefficient (Wildman–Crippen LogP) is 3.40. The van der Waals surface area contributed by atoms with Crippen molar-refractivity contribution in [2.75, 3.05) is 13.1 Å². The third-order valence-electron chi connectivity index (χ3n) is 4.22. The van der Waals surface area contributed by atoms with Gasteiger partial charge in [-0.1, -0.05) is 17.3 Å². The Bertz CT molecular complexity index is 766. The third-order valence-corrected chi connectivity index (χ3v) is 4.22.